The first-order chi connectivity index (χ1) is 12.3. The molecule has 25 heavy (non-hydrogen) atoms. The van der Waals surface area contributed by atoms with Gasteiger partial charge >= 0.3 is 0 Å². The van der Waals surface area contributed by atoms with E-state index in [0.717, 1.165) is 58.6 Å². The number of carbonyl (C=O) groups excluding carboxylic acids is 1. The fourth-order valence-electron chi connectivity index (χ4n) is 3.43. The highest BCUT2D eigenvalue weighted by atomic mass is 16.5. The molecule has 0 radical (unpaired) electrons. The summed E-state index contributed by atoms with van der Waals surface area (Å²) in [5, 5.41) is 0. The van der Waals surface area contributed by atoms with Gasteiger partial charge in [-0.3, -0.25) is 14.7 Å². The van der Waals surface area contributed by atoms with Gasteiger partial charge < -0.3 is 14.4 Å². The highest BCUT2D eigenvalue weighted by molar-refractivity contribution is 5.77. The highest BCUT2D eigenvalue weighted by Gasteiger charge is 2.20. The van der Waals surface area contributed by atoms with Gasteiger partial charge in [0.15, 0.2) is 0 Å². The molecule has 0 aliphatic carbocycles. The largest absolute Gasteiger partial charge is 0.376 e. The third-order valence-corrected chi connectivity index (χ3v) is 4.90. The predicted molar refractivity (Wildman–Crippen MR) is 95.1 cm³/mol. The van der Waals surface area contributed by atoms with Gasteiger partial charge in [-0.2, -0.15) is 0 Å². The summed E-state index contributed by atoms with van der Waals surface area (Å²) in [6.45, 7) is 5.95. The quantitative estimate of drug-likeness (QED) is 0.784. The Labute approximate surface area is 150 Å². The summed E-state index contributed by atoms with van der Waals surface area (Å²) in [4.78, 5) is 20.8. The average Bonchev–Trinajstić information content (AvgIpc) is 2.89. The number of ether oxygens (including phenoxy) is 2. The predicted octanol–water partition coefficient (Wildman–Crippen LogP) is 1.70. The molecule has 1 amide bonds. The van der Waals surface area contributed by atoms with Crippen LogP contribution in [-0.2, 0) is 20.8 Å². The first-order valence-corrected chi connectivity index (χ1v) is 9.39. The normalized spacial score (nSPS) is 22.6. The van der Waals surface area contributed by atoms with Crippen molar-refractivity contribution in [1.29, 1.82) is 0 Å². The molecule has 6 heteroatoms. The van der Waals surface area contributed by atoms with Gasteiger partial charge in [0.2, 0.25) is 5.91 Å². The molecule has 0 spiro atoms. The molecular weight excluding hydrogens is 318 g/mol. The molecule has 2 aliphatic rings. The molecule has 3 rings (SSSR count). The number of hydrogen-bond acceptors (Lipinski definition) is 5. The summed E-state index contributed by atoms with van der Waals surface area (Å²) in [5.41, 5.74) is 1.27. The Bertz CT molecular complexity index is 520. The standard InChI is InChI=1S/C19H29N3O3/c23-19(16-24-15-18-4-1-2-13-25-18)22-10-3-9-21(11-12-22)14-17-5-7-20-8-6-17/h5-8,18H,1-4,9-16H2/t18-/m0/s1. The average molecular weight is 347 g/mol. The summed E-state index contributed by atoms with van der Waals surface area (Å²) in [5.74, 6) is 0.0987. The van der Waals surface area contributed by atoms with Gasteiger partial charge in [0.05, 0.1) is 12.7 Å². The second-order valence-electron chi connectivity index (χ2n) is 6.87. The molecular formula is C19H29N3O3. The molecule has 2 fully saturated rings. The molecule has 2 saturated heterocycles. The van der Waals surface area contributed by atoms with Crippen molar-refractivity contribution < 1.29 is 14.3 Å². The molecule has 1 atom stereocenters. The zero-order chi connectivity index (χ0) is 17.3. The maximum atomic E-state index is 12.4. The minimum absolute atomic E-state index is 0.0987. The van der Waals surface area contributed by atoms with E-state index in [2.05, 4.69) is 22.0 Å². The fourth-order valence-corrected chi connectivity index (χ4v) is 3.43. The van der Waals surface area contributed by atoms with E-state index in [9.17, 15) is 4.79 Å². The molecule has 0 N–H and O–H groups in total. The van der Waals surface area contributed by atoms with Crippen LogP contribution in [0.15, 0.2) is 24.5 Å². The minimum Gasteiger partial charge on any atom is -0.376 e. The van der Waals surface area contributed by atoms with Crippen LogP contribution >= 0.6 is 0 Å². The van der Waals surface area contributed by atoms with Crippen LogP contribution in [0.2, 0.25) is 0 Å². The van der Waals surface area contributed by atoms with Crippen molar-refractivity contribution in [1.82, 2.24) is 14.8 Å². The van der Waals surface area contributed by atoms with Crippen molar-refractivity contribution in [3.63, 3.8) is 0 Å². The van der Waals surface area contributed by atoms with Crippen LogP contribution in [0.4, 0.5) is 0 Å². The van der Waals surface area contributed by atoms with E-state index in [1.54, 1.807) is 0 Å². The lowest BCUT2D eigenvalue weighted by molar-refractivity contribution is -0.138. The van der Waals surface area contributed by atoms with Gasteiger partial charge in [-0.25, -0.2) is 0 Å². The van der Waals surface area contributed by atoms with Crippen LogP contribution in [0.25, 0.3) is 0 Å². The van der Waals surface area contributed by atoms with E-state index in [1.165, 1.54) is 12.0 Å². The van der Waals surface area contributed by atoms with E-state index in [1.807, 2.05) is 17.3 Å². The Morgan fingerprint density at radius 1 is 1.16 bits per heavy atom. The molecule has 0 unspecified atom stereocenters. The lowest BCUT2D eigenvalue weighted by atomic mass is 10.1. The van der Waals surface area contributed by atoms with Crippen LogP contribution in [-0.4, -0.2) is 72.8 Å². The van der Waals surface area contributed by atoms with E-state index in [0.29, 0.717) is 6.61 Å². The van der Waals surface area contributed by atoms with Gasteiger partial charge in [-0.05, 0) is 43.4 Å². The maximum Gasteiger partial charge on any atom is 0.248 e. The summed E-state index contributed by atoms with van der Waals surface area (Å²) in [6.07, 6.45) is 8.21. The monoisotopic (exact) mass is 347 g/mol. The van der Waals surface area contributed by atoms with Crippen LogP contribution in [0.1, 0.15) is 31.2 Å². The summed E-state index contributed by atoms with van der Waals surface area (Å²) in [6, 6.07) is 4.10. The number of rotatable bonds is 6. The number of hydrogen-bond donors (Lipinski definition) is 0. The Morgan fingerprint density at radius 3 is 2.84 bits per heavy atom. The highest BCUT2D eigenvalue weighted by Crippen LogP contribution is 2.13. The zero-order valence-electron chi connectivity index (χ0n) is 14.9. The number of nitrogens with zero attached hydrogens (tertiary/aromatic N) is 3. The third kappa shape index (κ3) is 6.06. The third-order valence-electron chi connectivity index (χ3n) is 4.90. The molecule has 1 aromatic heterocycles. The van der Waals surface area contributed by atoms with Crippen LogP contribution < -0.4 is 0 Å². The SMILES string of the molecule is O=C(COC[C@@H]1CCCCO1)N1CCCN(Cc2ccncc2)CC1. The summed E-state index contributed by atoms with van der Waals surface area (Å²) >= 11 is 0. The molecule has 138 valence electrons. The van der Waals surface area contributed by atoms with Gasteiger partial charge in [-0.1, -0.05) is 0 Å². The molecule has 1 aromatic rings. The Morgan fingerprint density at radius 2 is 2.04 bits per heavy atom. The van der Waals surface area contributed by atoms with Crippen LogP contribution in [0.3, 0.4) is 0 Å². The van der Waals surface area contributed by atoms with Crippen molar-refractivity contribution in [2.45, 2.75) is 38.3 Å². The lowest BCUT2D eigenvalue weighted by Gasteiger charge is -2.24. The number of amides is 1. The van der Waals surface area contributed by atoms with Crippen molar-refractivity contribution in [3.8, 4) is 0 Å². The van der Waals surface area contributed by atoms with E-state index >= 15 is 0 Å². The molecule has 0 saturated carbocycles. The van der Waals surface area contributed by atoms with Crippen LogP contribution in [0, 0.1) is 0 Å². The van der Waals surface area contributed by atoms with E-state index in [-0.39, 0.29) is 18.6 Å². The number of pyridine rings is 1. The van der Waals surface area contributed by atoms with Crippen molar-refractivity contribution in [2.75, 3.05) is 46.0 Å². The molecule has 2 aliphatic heterocycles. The first-order valence-electron chi connectivity index (χ1n) is 9.39. The summed E-state index contributed by atoms with van der Waals surface area (Å²) < 4.78 is 11.2. The van der Waals surface area contributed by atoms with E-state index in [4.69, 9.17) is 9.47 Å². The van der Waals surface area contributed by atoms with Gasteiger partial charge in [0.1, 0.15) is 6.61 Å². The number of aromatic nitrogens is 1. The second-order valence-corrected chi connectivity index (χ2v) is 6.87. The number of carbonyl (C=O) groups is 1. The minimum atomic E-state index is 0.0987. The summed E-state index contributed by atoms with van der Waals surface area (Å²) in [7, 11) is 0. The Balaban J connectivity index is 1.37. The van der Waals surface area contributed by atoms with Gasteiger partial charge in [0.25, 0.3) is 0 Å². The Hall–Kier alpha value is -1.50. The molecule has 3 heterocycles. The van der Waals surface area contributed by atoms with Gasteiger partial charge in [-0.15, -0.1) is 0 Å². The smallest absolute Gasteiger partial charge is 0.248 e. The zero-order valence-corrected chi connectivity index (χ0v) is 14.9. The van der Waals surface area contributed by atoms with Crippen LogP contribution in [0.5, 0.6) is 0 Å². The second kappa shape index (κ2) is 9.85. The first kappa shape index (κ1) is 18.3. The van der Waals surface area contributed by atoms with Crippen molar-refractivity contribution >= 4 is 5.91 Å². The molecule has 0 aromatic carbocycles. The van der Waals surface area contributed by atoms with Crippen molar-refractivity contribution in [2.24, 2.45) is 0 Å². The van der Waals surface area contributed by atoms with Gasteiger partial charge in [0, 0.05) is 51.7 Å². The molecule has 0 bridgehead atoms. The molecule has 6 nitrogen and oxygen atoms in total. The van der Waals surface area contributed by atoms with Crippen molar-refractivity contribution in [3.05, 3.63) is 30.1 Å². The lowest BCUT2D eigenvalue weighted by Crippen LogP contribution is -2.38. The maximum absolute atomic E-state index is 12.4. The Kier molecular flexibility index (Phi) is 7.21. The fraction of sp³-hybridized carbons (Fsp3) is 0.684. The van der Waals surface area contributed by atoms with E-state index < -0.39 is 0 Å². The topological polar surface area (TPSA) is 54.9 Å².